The highest BCUT2D eigenvalue weighted by atomic mass is 32.2. The Kier molecular flexibility index (Phi) is 5.51. The number of methoxy groups -OCH3 is 2. The number of benzene rings is 2. The number of rotatable bonds is 6. The Bertz CT molecular complexity index is 831. The molecule has 0 spiro atoms. The van der Waals surface area contributed by atoms with Gasteiger partial charge in [0, 0.05) is 12.1 Å². The zero-order valence-electron chi connectivity index (χ0n) is 14.6. The number of hydrogen-bond acceptors (Lipinski definition) is 4. The lowest BCUT2D eigenvalue weighted by molar-refractivity contribution is 0.354. The lowest BCUT2D eigenvalue weighted by Gasteiger charge is -2.18. The van der Waals surface area contributed by atoms with E-state index in [1.807, 2.05) is 39.0 Å². The lowest BCUT2D eigenvalue weighted by Crippen LogP contribution is -2.27. The van der Waals surface area contributed by atoms with E-state index in [2.05, 4.69) is 4.72 Å². The number of hydrogen-bond donors (Lipinski definition) is 1. The first kappa shape index (κ1) is 18.3. The van der Waals surface area contributed by atoms with E-state index < -0.39 is 10.0 Å². The first-order valence-electron chi connectivity index (χ1n) is 7.60. The molecule has 0 saturated carbocycles. The molecule has 130 valence electrons. The summed E-state index contributed by atoms with van der Waals surface area (Å²) in [7, 11) is -0.699. The van der Waals surface area contributed by atoms with Crippen molar-refractivity contribution in [3.8, 4) is 11.5 Å². The summed E-state index contributed by atoms with van der Waals surface area (Å²) < 4.78 is 38.3. The highest BCUT2D eigenvalue weighted by Crippen LogP contribution is 2.30. The van der Waals surface area contributed by atoms with E-state index in [0.29, 0.717) is 11.5 Å². The van der Waals surface area contributed by atoms with Crippen LogP contribution in [0.5, 0.6) is 11.5 Å². The Labute approximate surface area is 143 Å². The van der Waals surface area contributed by atoms with Crippen LogP contribution in [0.2, 0.25) is 0 Å². The van der Waals surface area contributed by atoms with E-state index in [1.54, 1.807) is 6.07 Å². The minimum atomic E-state index is -3.68. The zero-order chi connectivity index (χ0) is 17.9. The molecule has 0 amide bonds. The van der Waals surface area contributed by atoms with Gasteiger partial charge in [-0.3, -0.25) is 0 Å². The van der Waals surface area contributed by atoms with Crippen LogP contribution < -0.4 is 14.2 Å². The van der Waals surface area contributed by atoms with Gasteiger partial charge in [-0.2, -0.15) is 0 Å². The molecule has 0 aromatic heterocycles. The number of aryl methyl sites for hydroxylation is 2. The minimum absolute atomic E-state index is 0.136. The fourth-order valence-electron chi connectivity index (χ4n) is 2.66. The van der Waals surface area contributed by atoms with Crippen molar-refractivity contribution in [1.29, 1.82) is 0 Å². The van der Waals surface area contributed by atoms with Crippen molar-refractivity contribution < 1.29 is 17.9 Å². The Hall–Kier alpha value is -2.05. The van der Waals surface area contributed by atoms with Gasteiger partial charge in [-0.15, -0.1) is 0 Å². The molecule has 6 heteroatoms. The van der Waals surface area contributed by atoms with Gasteiger partial charge >= 0.3 is 0 Å². The van der Waals surface area contributed by atoms with Crippen LogP contribution in [0.4, 0.5) is 0 Å². The van der Waals surface area contributed by atoms with Gasteiger partial charge in [-0.25, -0.2) is 13.1 Å². The van der Waals surface area contributed by atoms with E-state index in [4.69, 9.17) is 9.47 Å². The summed E-state index contributed by atoms with van der Waals surface area (Å²) in [4.78, 5) is 0.136. The van der Waals surface area contributed by atoms with E-state index in [1.165, 1.54) is 26.4 Å². The van der Waals surface area contributed by atoms with Crippen LogP contribution in [-0.4, -0.2) is 22.6 Å². The molecular weight excluding hydrogens is 326 g/mol. The van der Waals surface area contributed by atoms with Gasteiger partial charge in [-0.05, 0) is 44.0 Å². The van der Waals surface area contributed by atoms with Crippen LogP contribution in [0.1, 0.15) is 29.7 Å². The van der Waals surface area contributed by atoms with Crippen molar-refractivity contribution in [3.63, 3.8) is 0 Å². The van der Waals surface area contributed by atoms with Crippen molar-refractivity contribution in [1.82, 2.24) is 4.72 Å². The quantitative estimate of drug-likeness (QED) is 0.868. The van der Waals surface area contributed by atoms with Gasteiger partial charge in [0.05, 0.1) is 19.1 Å². The van der Waals surface area contributed by atoms with E-state index in [9.17, 15) is 8.42 Å². The van der Waals surface area contributed by atoms with Crippen molar-refractivity contribution >= 4 is 10.0 Å². The number of sulfonamides is 1. The van der Waals surface area contributed by atoms with E-state index >= 15 is 0 Å². The third-order valence-electron chi connectivity index (χ3n) is 3.89. The molecule has 2 aromatic rings. The lowest BCUT2D eigenvalue weighted by atomic mass is 10.0. The maximum atomic E-state index is 12.7. The second kappa shape index (κ2) is 7.23. The largest absolute Gasteiger partial charge is 0.493 e. The van der Waals surface area contributed by atoms with Crippen molar-refractivity contribution in [2.24, 2.45) is 0 Å². The standard InChI is InChI=1S/C18H23NO4S/c1-12-6-8-16(13(2)10-12)14(3)19-24(20,21)15-7-9-17(22-4)18(11-15)23-5/h6-11,14,19H,1-5H3. The molecule has 0 fully saturated rings. The first-order chi connectivity index (χ1) is 11.3. The predicted molar refractivity (Wildman–Crippen MR) is 94.2 cm³/mol. The molecule has 0 radical (unpaired) electrons. The topological polar surface area (TPSA) is 64.6 Å². The minimum Gasteiger partial charge on any atom is -0.493 e. The molecule has 0 bridgehead atoms. The summed E-state index contributed by atoms with van der Waals surface area (Å²) in [6, 6.07) is 10.2. The van der Waals surface area contributed by atoms with E-state index in [-0.39, 0.29) is 10.9 Å². The third-order valence-corrected chi connectivity index (χ3v) is 5.43. The summed E-state index contributed by atoms with van der Waals surface area (Å²) in [5.74, 6) is 0.860. The Morgan fingerprint density at radius 3 is 2.21 bits per heavy atom. The summed E-state index contributed by atoms with van der Waals surface area (Å²) in [6.45, 7) is 5.81. The van der Waals surface area contributed by atoms with E-state index in [0.717, 1.165) is 16.7 Å². The molecule has 0 aliphatic heterocycles. The average Bonchev–Trinajstić information content (AvgIpc) is 2.53. The van der Waals surface area contributed by atoms with Gasteiger partial charge in [-0.1, -0.05) is 23.8 Å². The smallest absolute Gasteiger partial charge is 0.241 e. The second-order valence-electron chi connectivity index (χ2n) is 5.72. The van der Waals surface area contributed by atoms with Crippen LogP contribution >= 0.6 is 0 Å². The normalized spacial score (nSPS) is 12.7. The van der Waals surface area contributed by atoms with Gasteiger partial charge in [0.1, 0.15) is 0 Å². The number of nitrogens with one attached hydrogen (secondary N) is 1. The fraction of sp³-hybridized carbons (Fsp3) is 0.333. The monoisotopic (exact) mass is 349 g/mol. The maximum Gasteiger partial charge on any atom is 0.241 e. The Morgan fingerprint density at radius 1 is 0.958 bits per heavy atom. The third kappa shape index (κ3) is 3.88. The molecule has 1 unspecified atom stereocenters. The molecule has 2 rings (SSSR count). The Morgan fingerprint density at radius 2 is 1.62 bits per heavy atom. The van der Waals surface area contributed by atoms with Crippen molar-refractivity contribution in [2.45, 2.75) is 31.7 Å². The van der Waals surface area contributed by atoms with Crippen LogP contribution in [0.25, 0.3) is 0 Å². The molecule has 24 heavy (non-hydrogen) atoms. The SMILES string of the molecule is COc1ccc(S(=O)(=O)NC(C)c2ccc(C)cc2C)cc1OC. The fourth-order valence-corrected chi connectivity index (χ4v) is 3.90. The molecule has 5 nitrogen and oxygen atoms in total. The molecule has 0 aliphatic rings. The van der Waals surface area contributed by atoms with Crippen LogP contribution in [0, 0.1) is 13.8 Å². The summed E-state index contributed by atoms with van der Waals surface area (Å²) in [5, 5.41) is 0. The van der Waals surface area contributed by atoms with Crippen LogP contribution in [0.15, 0.2) is 41.3 Å². The molecule has 2 aromatic carbocycles. The van der Waals surface area contributed by atoms with Gasteiger partial charge in [0.25, 0.3) is 0 Å². The first-order valence-corrected chi connectivity index (χ1v) is 9.08. The summed E-state index contributed by atoms with van der Waals surface area (Å²) in [6.07, 6.45) is 0. The molecular formula is C18H23NO4S. The predicted octanol–water partition coefficient (Wildman–Crippen LogP) is 3.36. The molecule has 1 atom stereocenters. The van der Waals surface area contributed by atoms with Gasteiger partial charge in [0.15, 0.2) is 11.5 Å². The highest BCUT2D eigenvalue weighted by Gasteiger charge is 2.21. The number of ether oxygens (including phenoxy) is 2. The summed E-state index contributed by atoms with van der Waals surface area (Å²) in [5.41, 5.74) is 3.15. The van der Waals surface area contributed by atoms with Gasteiger partial charge in [0.2, 0.25) is 10.0 Å². The summed E-state index contributed by atoms with van der Waals surface area (Å²) >= 11 is 0. The van der Waals surface area contributed by atoms with Gasteiger partial charge < -0.3 is 9.47 Å². The van der Waals surface area contributed by atoms with Crippen molar-refractivity contribution in [3.05, 3.63) is 53.1 Å². The second-order valence-corrected chi connectivity index (χ2v) is 7.43. The molecule has 0 heterocycles. The average molecular weight is 349 g/mol. The molecule has 1 N–H and O–H groups in total. The zero-order valence-corrected chi connectivity index (χ0v) is 15.4. The highest BCUT2D eigenvalue weighted by molar-refractivity contribution is 7.89. The molecule has 0 saturated heterocycles. The van der Waals surface area contributed by atoms with Crippen molar-refractivity contribution in [2.75, 3.05) is 14.2 Å². The molecule has 0 aliphatic carbocycles. The maximum absolute atomic E-state index is 12.7. The van der Waals surface area contributed by atoms with Crippen LogP contribution in [-0.2, 0) is 10.0 Å². The van der Waals surface area contributed by atoms with Crippen LogP contribution in [0.3, 0.4) is 0 Å². The Balaban J connectivity index is 2.30.